The molecule has 1 fully saturated rings. The van der Waals surface area contributed by atoms with Crippen LogP contribution in [0.15, 0.2) is 18.2 Å². The van der Waals surface area contributed by atoms with E-state index in [2.05, 4.69) is 29.8 Å². The monoisotopic (exact) mass is 278 g/mol. The third kappa shape index (κ3) is 2.91. The van der Waals surface area contributed by atoms with Crippen LogP contribution in [0.25, 0.3) is 0 Å². The Labute approximate surface area is 122 Å². The summed E-state index contributed by atoms with van der Waals surface area (Å²) in [5.41, 5.74) is 2.00. The fraction of sp³-hybridized carbons (Fsp3) is 0.625. The number of aliphatic hydroxyl groups is 1. The van der Waals surface area contributed by atoms with Gasteiger partial charge >= 0.3 is 0 Å². The van der Waals surface area contributed by atoms with Crippen molar-refractivity contribution in [1.29, 1.82) is 0 Å². The molecule has 4 heteroatoms. The topological polar surface area (TPSA) is 35.9 Å². The minimum absolute atomic E-state index is 0.527. The van der Waals surface area contributed by atoms with Crippen molar-refractivity contribution >= 4 is 5.69 Å². The van der Waals surface area contributed by atoms with Crippen LogP contribution in [0.5, 0.6) is 5.75 Å². The van der Waals surface area contributed by atoms with Crippen molar-refractivity contribution in [2.45, 2.75) is 32.4 Å². The smallest absolute Gasteiger partial charge is 0.126 e. The molecule has 1 saturated heterocycles. The van der Waals surface area contributed by atoms with E-state index in [1.807, 2.05) is 12.1 Å². The minimum Gasteiger partial charge on any atom is -0.496 e. The van der Waals surface area contributed by atoms with Crippen LogP contribution in [0.1, 0.15) is 31.9 Å². The van der Waals surface area contributed by atoms with Crippen molar-refractivity contribution in [3.63, 3.8) is 0 Å². The van der Waals surface area contributed by atoms with Gasteiger partial charge in [-0.05, 0) is 32.5 Å². The molecule has 1 aromatic carbocycles. The predicted octanol–water partition coefficient (Wildman–Crippen LogP) is 2.28. The highest BCUT2D eigenvalue weighted by Gasteiger charge is 2.26. The molecule has 1 unspecified atom stereocenters. The van der Waals surface area contributed by atoms with E-state index in [1.54, 1.807) is 14.0 Å². The summed E-state index contributed by atoms with van der Waals surface area (Å²) in [6.07, 6.45) is 0.613. The molecule has 1 aromatic rings. The standard InChI is InChI=1S/C16H26N2O2/c1-5-13-11-18(10-9-17(13)3)14-7-6-8-15(20-4)16(14)12(2)19/h6-8,12-13,19H,5,9-11H2,1-4H3/t12-,13?/m0/s1. The lowest BCUT2D eigenvalue weighted by atomic mass is 10.0. The molecule has 0 radical (unpaired) electrons. The van der Waals surface area contributed by atoms with Gasteiger partial charge in [0.15, 0.2) is 0 Å². The zero-order chi connectivity index (χ0) is 14.7. The van der Waals surface area contributed by atoms with Crippen LogP contribution >= 0.6 is 0 Å². The Hall–Kier alpha value is -1.26. The fourth-order valence-corrected chi connectivity index (χ4v) is 3.01. The molecule has 1 heterocycles. The molecule has 0 saturated carbocycles. The first-order valence-corrected chi connectivity index (χ1v) is 7.38. The van der Waals surface area contributed by atoms with E-state index in [9.17, 15) is 5.11 Å². The molecule has 0 amide bonds. The molecule has 0 aliphatic carbocycles. The van der Waals surface area contributed by atoms with Crippen LogP contribution in [0.3, 0.4) is 0 Å². The Morgan fingerprint density at radius 1 is 1.40 bits per heavy atom. The lowest BCUT2D eigenvalue weighted by Crippen LogP contribution is -2.51. The number of ether oxygens (including phenoxy) is 1. The summed E-state index contributed by atoms with van der Waals surface area (Å²) in [6.45, 7) is 7.06. The van der Waals surface area contributed by atoms with Gasteiger partial charge in [-0.25, -0.2) is 0 Å². The van der Waals surface area contributed by atoms with Gasteiger partial charge in [0.25, 0.3) is 0 Å². The SMILES string of the molecule is CCC1CN(c2cccc(OC)c2[C@H](C)O)CCN1C. The summed E-state index contributed by atoms with van der Waals surface area (Å²) in [4.78, 5) is 4.79. The Morgan fingerprint density at radius 3 is 2.75 bits per heavy atom. The van der Waals surface area contributed by atoms with Crippen molar-refractivity contribution in [2.75, 3.05) is 38.7 Å². The largest absolute Gasteiger partial charge is 0.496 e. The normalized spacial score (nSPS) is 21.9. The molecule has 4 nitrogen and oxygen atoms in total. The van der Waals surface area contributed by atoms with Gasteiger partial charge in [0.05, 0.1) is 13.2 Å². The number of hydrogen-bond acceptors (Lipinski definition) is 4. The molecular weight excluding hydrogens is 252 g/mol. The molecule has 1 aliphatic rings. The Bertz CT molecular complexity index is 448. The van der Waals surface area contributed by atoms with Crippen molar-refractivity contribution in [3.8, 4) is 5.75 Å². The third-order valence-corrected chi connectivity index (χ3v) is 4.27. The lowest BCUT2D eigenvalue weighted by Gasteiger charge is -2.41. The second-order valence-electron chi connectivity index (χ2n) is 5.56. The number of likely N-dealkylation sites (N-methyl/N-ethyl adjacent to an activating group) is 1. The predicted molar refractivity (Wildman–Crippen MR) is 82.5 cm³/mol. The second-order valence-corrected chi connectivity index (χ2v) is 5.56. The Morgan fingerprint density at radius 2 is 2.15 bits per heavy atom. The molecule has 0 aromatic heterocycles. The number of piperazine rings is 1. The lowest BCUT2D eigenvalue weighted by molar-refractivity contribution is 0.191. The van der Waals surface area contributed by atoms with Gasteiger partial charge in [0.2, 0.25) is 0 Å². The van der Waals surface area contributed by atoms with E-state index in [4.69, 9.17) is 4.74 Å². The van der Waals surface area contributed by atoms with Crippen LogP contribution in [0.2, 0.25) is 0 Å². The summed E-state index contributed by atoms with van der Waals surface area (Å²) < 4.78 is 5.42. The van der Waals surface area contributed by atoms with Crippen LogP contribution in [0, 0.1) is 0 Å². The van der Waals surface area contributed by atoms with Gasteiger partial charge in [0.1, 0.15) is 5.75 Å². The minimum atomic E-state index is -0.527. The first kappa shape index (κ1) is 15.1. The van der Waals surface area contributed by atoms with Gasteiger partial charge in [-0.1, -0.05) is 13.0 Å². The van der Waals surface area contributed by atoms with E-state index < -0.39 is 6.10 Å². The number of benzene rings is 1. The molecule has 0 bridgehead atoms. The quantitative estimate of drug-likeness (QED) is 0.916. The highest BCUT2D eigenvalue weighted by atomic mass is 16.5. The summed E-state index contributed by atoms with van der Waals surface area (Å²) in [6, 6.07) is 6.57. The van der Waals surface area contributed by atoms with Gasteiger partial charge in [0, 0.05) is 36.9 Å². The molecule has 2 rings (SSSR count). The van der Waals surface area contributed by atoms with Crippen molar-refractivity contribution in [2.24, 2.45) is 0 Å². The number of anilines is 1. The number of aliphatic hydroxyl groups excluding tert-OH is 1. The molecule has 112 valence electrons. The Kier molecular flexibility index (Phi) is 4.89. The van der Waals surface area contributed by atoms with Gasteiger partial charge in [-0.3, -0.25) is 4.90 Å². The molecule has 1 aliphatic heterocycles. The van der Waals surface area contributed by atoms with Crippen LogP contribution in [-0.2, 0) is 0 Å². The number of rotatable bonds is 4. The average molecular weight is 278 g/mol. The van der Waals surface area contributed by atoms with Crippen LogP contribution in [0.4, 0.5) is 5.69 Å². The van der Waals surface area contributed by atoms with E-state index in [1.165, 1.54) is 0 Å². The highest BCUT2D eigenvalue weighted by molar-refractivity contribution is 5.60. The number of nitrogens with zero attached hydrogens (tertiary/aromatic N) is 2. The maximum Gasteiger partial charge on any atom is 0.126 e. The van der Waals surface area contributed by atoms with E-state index in [0.29, 0.717) is 6.04 Å². The van der Waals surface area contributed by atoms with E-state index in [-0.39, 0.29) is 0 Å². The number of methoxy groups -OCH3 is 1. The third-order valence-electron chi connectivity index (χ3n) is 4.27. The molecule has 1 N–H and O–H groups in total. The second kappa shape index (κ2) is 6.46. The summed E-state index contributed by atoms with van der Waals surface area (Å²) in [5, 5.41) is 10.1. The van der Waals surface area contributed by atoms with Gasteiger partial charge in [-0.15, -0.1) is 0 Å². The molecule has 0 spiro atoms. The van der Waals surface area contributed by atoms with Crippen LogP contribution < -0.4 is 9.64 Å². The van der Waals surface area contributed by atoms with E-state index >= 15 is 0 Å². The maximum atomic E-state index is 10.1. The molecule has 2 atom stereocenters. The molecule has 20 heavy (non-hydrogen) atoms. The zero-order valence-corrected chi connectivity index (χ0v) is 13.0. The first-order chi connectivity index (χ1) is 9.58. The van der Waals surface area contributed by atoms with E-state index in [0.717, 1.165) is 43.1 Å². The summed E-state index contributed by atoms with van der Waals surface area (Å²) in [5.74, 6) is 0.768. The summed E-state index contributed by atoms with van der Waals surface area (Å²) >= 11 is 0. The van der Waals surface area contributed by atoms with Crippen molar-refractivity contribution < 1.29 is 9.84 Å². The average Bonchev–Trinajstić information content (AvgIpc) is 2.46. The zero-order valence-electron chi connectivity index (χ0n) is 13.0. The number of hydrogen-bond donors (Lipinski definition) is 1. The fourth-order valence-electron chi connectivity index (χ4n) is 3.01. The highest BCUT2D eigenvalue weighted by Crippen LogP contribution is 2.35. The van der Waals surface area contributed by atoms with Crippen molar-refractivity contribution in [1.82, 2.24) is 4.90 Å². The Balaban J connectivity index is 2.32. The van der Waals surface area contributed by atoms with Gasteiger partial charge in [-0.2, -0.15) is 0 Å². The van der Waals surface area contributed by atoms with Crippen molar-refractivity contribution in [3.05, 3.63) is 23.8 Å². The first-order valence-electron chi connectivity index (χ1n) is 7.38. The van der Waals surface area contributed by atoms with Crippen LogP contribution in [-0.4, -0.2) is 49.8 Å². The summed E-state index contributed by atoms with van der Waals surface area (Å²) in [7, 11) is 3.84. The maximum absolute atomic E-state index is 10.1. The molecular formula is C16H26N2O2. The van der Waals surface area contributed by atoms with Gasteiger partial charge < -0.3 is 14.7 Å².